The zero-order valence-electron chi connectivity index (χ0n) is 12.7. The van der Waals surface area contributed by atoms with Gasteiger partial charge in [0, 0.05) is 0 Å². The topological polar surface area (TPSA) is 36.9 Å². The van der Waals surface area contributed by atoms with Crippen molar-refractivity contribution in [3.05, 3.63) is 18.4 Å². The van der Waals surface area contributed by atoms with E-state index in [-0.39, 0.29) is 25.0 Å². The van der Waals surface area contributed by atoms with Crippen molar-refractivity contribution in [2.45, 2.75) is 6.10 Å². The number of hydrogen-bond acceptors (Lipinski definition) is 4. The van der Waals surface area contributed by atoms with Gasteiger partial charge in [0.25, 0.3) is 0 Å². The van der Waals surface area contributed by atoms with Crippen LogP contribution in [0.15, 0.2) is 18.4 Å². The van der Waals surface area contributed by atoms with Crippen LogP contribution in [-0.4, -0.2) is 52.4 Å². The molecule has 0 radical (unpaired) electrons. The maximum atomic E-state index is 9.87. The molecule has 1 atom stereocenters. The number of rotatable bonds is 1. The van der Waals surface area contributed by atoms with Crippen LogP contribution in [0.25, 0.3) is 0 Å². The Labute approximate surface area is 142 Å². The van der Waals surface area contributed by atoms with Gasteiger partial charge in [-0.15, -0.1) is 5.73 Å². The van der Waals surface area contributed by atoms with Gasteiger partial charge >= 0.3 is 51.9 Å². The van der Waals surface area contributed by atoms with E-state index >= 15 is 0 Å². The zero-order chi connectivity index (χ0) is 17.2. The van der Waals surface area contributed by atoms with E-state index in [0.717, 1.165) is 0 Å². The molecular formula is C11H18F6LiO4P. The molecule has 0 aromatic heterocycles. The molecule has 0 amide bonds. The van der Waals surface area contributed by atoms with Crippen LogP contribution in [0.1, 0.15) is 0 Å². The van der Waals surface area contributed by atoms with Crippen molar-refractivity contribution in [2.75, 3.05) is 46.2 Å². The van der Waals surface area contributed by atoms with Gasteiger partial charge in [0.1, 0.15) is 6.10 Å². The Hall–Kier alpha value is -0.0326. The van der Waals surface area contributed by atoms with Crippen LogP contribution >= 0.6 is 7.81 Å². The molecule has 12 heteroatoms. The first-order valence-corrected chi connectivity index (χ1v) is 8.18. The fraction of sp³-hybridized carbons (Fsp3) is 0.727. The molecule has 134 valence electrons. The van der Waals surface area contributed by atoms with Gasteiger partial charge in [-0.1, -0.05) is 6.58 Å². The molecule has 1 heterocycles. The van der Waals surface area contributed by atoms with Crippen LogP contribution in [0.2, 0.25) is 0 Å². The Balaban J connectivity index is 0. The first-order chi connectivity index (χ1) is 9.88. The molecule has 1 rings (SSSR count). The quantitative estimate of drug-likeness (QED) is 0.302. The van der Waals surface area contributed by atoms with Gasteiger partial charge in [-0.25, -0.2) is 0 Å². The third-order valence-corrected chi connectivity index (χ3v) is 1.89. The Bertz CT molecular complexity index is 347. The molecular weight excluding hydrogens is 348 g/mol. The van der Waals surface area contributed by atoms with E-state index in [0.29, 0.717) is 46.2 Å². The van der Waals surface area contributed by atoms with Gasteiger partial charge in [-0.3, -0.25) is 0 Å². The van der Waals surface area contributed by atoms with E-state index < -0.39 is 7.81 Å². The van der Waals surface area contributed by atoms with Gasteiger partial charge in [0.2, 0.25) is 0 Å². The average molecular weight is 366 g/mol. The molecule has 0 bridgehead atoms. The maximum Gasteiger partial charge on any atom is 1.00 e. The summed E-state index contributed by atoms with van der Waals surface area (Å²) in [5, 5.41) is 0. The third-order valence-electron chi connectivity index (χ3n) is 1.89. The van der Waals surface area contributed by atoms with Gasteiger partial charge in [0.05, 0.1) is 46.2 Å². The molecule has 0 spiro atoms. The standard InChI is InChI=1S/C11H18O4.F6P.Li/c1-2-3-11-10-14-7-6-12-4-5-13-8-9-15-11;1-7(2,3,4,5)6;/h3,11H,1,4-10H2;;/q;-1;+1. The summed E-state index contributed by atoms with van der Waals surface area (Å²) in [5.41, 5.74) is 2.70. The normalized spacial score (nSPS) is 23.8. The van der Waals surface area contributed by atoms with E-state index in [1.807, 2.05) is 0 Å². The van der Waals surface area contributed by atoms with Crippen LogP contribution in [-0.2, 0) is 18.9 Å². The summed E-state index contributed by atoms with van der Waals surface area (Å²) in [6, 6.07) is 0. The van der Waals surface area contributed by atoms with Gasteiger partial charge in [0.15, 0.2) is 0 Å². The summed E-state index contributed by atoms with van der Waals surface area (Å²) >= 11 is 0. The molecule has 0 N–H and O–H groups in total. The molecule has 0 aromatic carbocycles. The summed E-state index contributed by atoms with van der Waals surface area (Å²) in [6.45, 7) is 7.52. The smallest absolute Gasteiger partial charge is 1.00 e. The first kappa shape index (κ1) is 25.2. The summed E-state index contributed by atoms with van der Waals surface area (Å²) in [4.78, 5) is 0. The minimum absolute atomic E-state index is 0. The van der Waals surface area contributed by atoms with Crippen molar-refractivity contribution < 1.29 is 63.0 Å². The molecule has 1 unspecified atom stereocenters. The van der Waals surface area contributed by atoms with E-state index in [2.05, 4.69) is 12.3 Å². The van der Waals surface area contributed by atoms with E-state index in [1.165, 1.54) is 0 Å². The molecule has 1 aliphatic rings. The molecule has 1 fully saturated rings. The van der Waals surface area contributed by atoms with Crippen LogP contribution in [0, 0.1) is 0 Å². The van der Waals surface area contributed by atoms with Crippen molar-refractivity contribution in [1.29, 1.82) is 0 Å². The van der Waals surface area contributed by atoms with Crippen molar-refractivity contribution in [3.63, 3.8) is 0 Å². The van der Waals surface area contributed by atoms with Crippen molar-refractivity contribution in [2.24, 2.45) is 0 Å². The van der Waals surface area contributed by atoms with Gasteiger partial charge in [-0.05, 0) is 6.08 Å². The fourth-order valence-electron chi connectivity index (χ4n) is 1.17. The summed E-state index contributed by atoms with van der Waals surface area (Å²) in [7, 11) is -10.7. The number of halogens is 6. The van der Waals surface area contributed by atoms with Gasteiger partial charge < -0.3 is 18.9 Å². The van der Waals surface area contributed by atoms with Crippen LogP contribution in [0.4, 0.5) is 25.2 Å². The molecule has 0 saturated carbocycles. The molecule has 1 aliphatic heterocycles. The molecule has 23 heavy (non-hydrogen) atoms. The van der Waals surface area contributed by atoms with Gasteiger partial charge in [-0.2, -0.15) is 0 Å². The predicted molar refractivity (Wildman–Crippen MR) is 69.5 cm³/mol. The Morgan fingerprint density at radius 2 is 1.22 bits per heavy atom. The minimum atomic E-state index is -10.7. The molecule has 0 aromatic rings. The van der Waals surface area contributed by atoms with Crippen molar-refractivity contribution >= 4 is 7.81 Å². The monoisotopic (exact) mass is 366 g/mol. The third kappa shape index (κ3) is 30.4. The minimum Gasteiger partial charge on any atom is 1.00 e. The van der Waals surface area contributed by atoms with Crippen LogP contribution in [0.5, 0.6) is 0 Å². The van der Waals surface area contributed by atoms with Crippen molar-refractivity contribution in [3.8, 4) is 0 Å². The summed E-state index contributed by atoms with van der Waals surface area (Å²) in [6.07, 6.45) is 1.66. The van der Waals surface area contributed by atoms with Crippen LogP contribution in [0.3, 0.4) is 0 Å². The second-order valence-electron chi connectivity index (χ2n) is 4.04. The first-order valence-electron chi connectivity index (χ1n) is 6.15. The largest absolute Gasteiger partial charge is 1.00 e. The summed E-state index contributed by atoms with van der Waals surface area (Å²) < 4.78 is 80.6. The zero-order valence-corrected chi connectivity index (χ0v) is 13.6. The SMILES string of the molecule is C=C=CC1COCCOCCOCCO1.F[P-](F)(F)(F)(F)F.[Li+]. The molecule has 0 aliphatic carbocycles. The maximum absolute atomic E-state index is 10.7. The van der Waals surface area contributed by atoms with Crippen LogP contribution < -0.4 is 18.9 Å². The predicted octanol–water partition coefficient (Wildman–Crippen LogP) is 1.16. The number of ether oxygens (including phenoxy) is 4. The molecule has 1 saturated heterocycles. The Kier molecular flexibility index (Phi) is 11.0. The Morgan fingerprint density at radius 1 is 0.826 bits per heavy atom. The average Bonchev–Trinajstić information content (AvgIpc) is 2.29. The molecule has 4 nitrogen and oxygen atoms in total. The number of hydrogen-bond donors (Lipinski definition) is 0. The fourth-order valence-corrected chi connectivity index (χ4v) is 1.17. The second kappa shape index (κ2) is 10.1. The van der Waals surface area contributed by atoms with E-state index in [4.69, 9.17) is 18.9 Å². The second-order valence-corrected chi connectivity index (χ2v) is 5.95. The summed E-state index contributed by atoms with van der Waals surface area (Å²) in [5.74, 6) is 0. The Morgan fingerprint density at radius 3 is 1.65 bits per heavy atom. The van der Waals surface area contributed by atoms with Crippen molar-refractivity contribution in [1.82, 2.24) is 0 Å². The van der Waals surface area contributed by atoms with E-state index in [9.17, 15) is 25.2 Å². The van der Waals surface area contributed by atoms with E-state index in [1.54, 1.807) is 6.08 Å².